The summed E-state index contributed by atoms with van der Waals surface area (Å²) in [7, 11) is 0. The molecule has 2 aromatic heterocycles. The average molecular weight is 242 g/mol. The van der Waals surface area contributed by atoms with E-state index in [4.69, 9.17) is 5.11 Å². The third-order valence-electron chi connectivity index (χ3n) is 1.53. The molecule has 1 N–H and O–H groups in total. The van der Waals surface area contributed by atoms with Gasteiger partial charge in [-0.15, -0.1) is 0 Å². The summed E-state index contributed by atoms with van der Waals surface area (Å²) in [6, 6.07) is 0. The Morgan fingerprint density at radius 2 is 2.31 bits per heavy atom. The zero-order valence-corrected chi connectivity index (χ0v) is 7.89. The van der Waals surface area contributed by atoms with Crippen LogP contribution < -0.4 is 0 Å². The minimum absolute atomic E-state index is 0.0138. The molecule has 0 spiro atoms. The van der Waals surface area contributed by atoms with Gasteiger partial charge in [0.25, 0.3) is 0 Å². The number of halogens is 1. The van der Waals surface area contributed by atoms with Gasteiger partial charge in [0.2, 0.25) is 0 Å². The number of hydrogen-bond donors (Lipinski definition) is 1. The number of fused-ring (bicyclic) bond motifs is 1. The Morgan fingerprint density at radius 1 is 1.54 bits per heavy atom. The van der Waals surface area contributed by atoms with Gasteiger partial charge < -0.3 is 9.51 Å². The second-order valence-electron chi connectivity index (χ2n) is 2.41. The van der Waals surface area contributed by atoms with Gasteiger partial charge in [0.15, 0.2) is 11.3 Å². The Morgan fingerprint density at radius 3 is 3.00 bits per heavy atom. The van der Waals surface area contributed by atoms with Crippen LogP contribution in [0.1, 0.15) is 10.5 Å². The van der Waals surface area contributed by atoms with Crippen molar-refractivity contribution in [2.45, 2.75) is 0 Å². The van der Waals surface area contributed by atoms with Crippen LogP contribution in [0.4, 0.5) is 0 Å². The van der Waals surface area contributed by atoms with Crippen LogP contribution in [0.25, 0.3) is 5.65 Å². The number of imidazole rings is 1. The van der Waals surface area contributed by atoms with E-state index >= 15 is 0 Å². The Labute approximate surface area is 81.2 Å². The normalized spacial score (nSPS) is 10.5. The molecule has 0 bridgehead atoms. The molecule has 5 nitrogen and oxygen atoms in total. The van der Waals surface area contributed by atoms with E-state index in [-0.39, 0.29) is 5.69 Å². The van der Waals surface area contributed by atoms with Gasteiger partial charge in [0.1, 0.15) is 4.60 Å². The molecule has 0 aliphatic carbocycles. The quantitative estimate of drug-likeness (QED) is 0.815. The van der Waals surface area contributed by atoms with Crippen molar-refractivity contribution in [3.8, 4) is 0 Å². The fourth-order valence-electron chi connectivity index (χ4n) is 0.977. The maximum Gasteiger partial charge on any atom is 0.356 e. The van der Waals surface area contributed by atoms with Crippen LogP contribution in [-0.2, 0) is 0 Å². The van der Waals surface area contributed by atoms with Gasteiger partial charge in [-0.3, -0.25) is 0 Å². The van der Waals surface area contributed by atoms with E-state index in [1.54, 1.807) is 10.6 Å². The van der Waals surface area contributed by atoms with Crippen LogP contribution in [0.2, 0.25) is 0 Å². The number of rotatable bonds is 1. The van der Waals surface area contributed by atoms with Gasteiger partial charge in [-0.25, -0.2) is 14.8 Å². The highest BCUT2D eigenvalue weighted by Crippen LogP contribution is 2.08. The van der Waals surface area contributed by atoms with E-state index in [2.05, 4.69) is 25.9 Å². The number of nitrogens with zero attached hydrogens (tertiary/aromatic N) is 3. The van der Waals surface area contributed by atoms with Gasteiger partial charge in [-0.2, -0.15) is 0 Å². The van der Waals surface area contributed by atoms with Crippen LogP contribution >= 0.6 is 15.9 Å². The zero-order valence-electron chi connectivity index (χ0n) is 6.31. The summed E-state index contributed by atoms with van der Waals surface area (Å²) in [5, 5.41) is 8.65. The molecule has 0 saturated heterocycles. The molecule has 0 saturated carbocycles. The molecule has 0 amide bonds. The first-order valence-corrected chi connectivity index (χ1v) is 4.19. The van der Waals surface area contributed by atoms with Gasteiger partial charge in [0.05, 0.1) is 6.20 Å². The summed E-state index contributed by atoms with van der Waals surface area (Å²) in [4.78, 5) is 18.3. The molecule has 0 unspecified atom stereocenters. The first-order chi connectivity index (χ1) is 6.16. The Kier molecular flexibility index (Phi) is 1.77. The SMILES string of the molecule is O=C(O)c1cn2cc(Br)ncc2n1. The lowest BCUT2D eigenvalue weighted by Crippen LogP contribution is -1.94. The van der Waals surface area contributed by atoms with Crippen LogP contribution in [0, 0.1) is 0 Å². The molecule has 66 valence electrons. The first kappa shape index (κ1) is 8.18. The number of carboxylic acids is 1. The summed E-state index contributed by atoms with van der Waals surface area (Å²) in [6.45, 7) is 0. The van der Waals surface area contributed by atoms with Crippen molar-refractivity contribution in [3.05, 3.63) is 28.9 Å². The summed E-state index contributed by atoms with van der Waals surface area (Å²) in [5.41, 5.74) is 0.528. The van der Waals surface area contributed by atoms with Gasteiger partial charge in [0, 0.05) is 12.4 Å². The Bertz CT molecular complexity index is 480. The van der Waals surface area contributed by atoms with E-state index in [1.807, 2.05) is 0 Å². The molecule has 0 aliphatic heterocycles. The minimum atomic E-state index is -1.04. The average Bonchev–Trinajstić information content (AvgIpc) is 2.46. The Balaban J connectivity index is 2.68. The van der Waals surface area contributed by atoms with E-state index in [9.17, 15) is 4.79 Å². The fraction of sp³-hybridized carbons (Fsp3) is 0. The summed E-state index contributed by atoms with van der Waals surface area (Å²) in [5.74, 6) is -1.04. The number of aromatic nitrogens is 3. The molecular formula is C7H4BrN3O2. The lowest BCUT2D eigenvalue weighted by atomic mass is 10.5. The van der Waals surface area contributed by atoms with Gasteiger partial charge in [-0.1, -0.05) is 0 Å². The lowest BCUT2D eigenvalue weighted by molar-refractivity contribution is 0.0691. The van der Waals surface area contributed by atoms with Gasteiger partial charge in [-0.05, 0) is 15.9 Å². The largest absolute Gasteiger partial charge is 0.476 e. The number of carbonyl (C=O) groups is 1. The molecule has 2 rings (SSSR count). The second kappa shape index (κ2) is 2.81. The van der Waals surface area contributed by atoms with E-state index < -0.39 is 5.97 Å². The summed E-state index contributed by atoms with van der Waals surface area (Å²) < 4.78 is 2.23. The summed E-state index contributed by atoms with van der Waals surface area (Å²) in [6.07, 6.45) is 4.58. The molecule has 0 radical (unpaired) electrons. The molecule has 2 aromatic rings. The molecule has 0 aromatic carbocycles. The standard InChI is InChI=1S/C7H4BrN3O2/c8-5-3-11-2-4(7(12)13)10-6(11)1-9-5/h1-3H,(H,12,13). The lowest BCUT2D eigenvalue weighted by Gasteiger charge is -1.90. The number of carboxylic acid groups (broad SMARTS) is 1. The molecule has 2 heterocycles. The molecule has 13 heavy (non-hydrogen) atoms. The van der Waals surface area contributed by atoms with Crippen LogP contribution in [-0.4, -0.2) is 25.4 Å². The molecule has 0 fully saturated rings. The number of aromatic carboxylic acids is 1. The fourth-order valence-corrected chi connectivity index (χ4v) is 1.30. The third-order valence-corrected chi connectivity index (χ3v) is 1.94. The molecular weight excluding hydrogens is 238 g/mol. The van der Waals surface area contributed by atoms with Crippen LogP contribution in [0.3, 0.4) is 0 Å². The van der Waals surface area contributed by atoms with E-state index in [1.165, 1.54) is 12.4 Å². The summed E-state index contributed by atoms with van der Waals surface area (Å²) >= 11 is 3.17. The smallest absolute Gasteiger partial charge is 0.356 e. The predicted molar refractivity (Wildman–Crippen MR) is 47.6 cm³/mol. The van der Waals surface area contributed by atoms with Crippen LogP contribution in [0.5, 0.6) is 0 Å². The van der Waals surface area contributed by atoms with Crippen molar-refractivity contribution < 1.29 is 9.90 Å². The molecule has 6 heteroatoms. The van der Waals surface area contributed by atoms with Crippen molar-refractivity contribution in [2.24, 2.45) is 0 Å². The molecule has 0 aliphatic rings. The highest BCUT2D eigenvalue weighted by Gasteiger charge is 2.08. The first-order valence-electron chi connectivity index (χ1n) is 3.40. The molecule has 0 atom stereocenters. The van der Waals surface area contributed by atoms with Crippen molar-refractivity contribution in [3.63, 3.8) is 0 Å². The highest BCUT2D eigenvalue weighted by atomic mass is 79.9. The van der Waals surface area contributed by atoms with Crippen molar-refractivity contribution >= 4 is 27.5 Å². The predicted octanol–water partition coefficient (Wildman–Crippen LogP) is 1.19. The van der Waals surface area contributed by atoms with Crippen molar-refractivity contribution in [2.75, 3.05) is 0 Å². The highest BCUT2D eigenvalue weighted by molar-refractivity contribution is 9.10. The number of hydrogen-bond acceptors (Lipinski definition) is 3. The Hall–Kier alpha value is -1.43. The third kappa shape index (κ3) is 1.40. The minimum Gasteiger partial charge on any atom is -0.476 e. The van der Waals surface area contributed by atoms with E-state index in [0.717, 1.165) is 0 Å². The van der Waals surface area contributed by atoms with E-state index in [0.29, 0.717) is 10.3 Å². The second-order valence-corrected chi connectivity index (χ2v) is 3.22. The maximum atomic E-state index is 10.5. The monoisotopic (exact) mass is 241 g/mol. The zero-order chi connectivity index (χ0) is 9.42. The van der Waals surface area contributed by atoms with Crippen molar-refractivity contribution in [1.82, 2.24) is 14.4 Å². The van der Waals surface area contributed by atoms with Gasteiger partial charge >= 0.3 is 5.97 Å². The van der Waals surface area contributed by atoms with Crippen LogP contribution in [0.15, 0.2) is 23.2 Å². The maximum absolute atomic E-state index is 10.5. The topological polar surface area (TPSA) is 67.5 Å². The van der Waals surface area contributed by atoms with Crippen molar-refractivity contribution in [1.29, 1.82) is 0 Å².